The average Bonchev–Trinajstić information content (AvgIpc) is 2.04. The molecule has 3 nitrogen and oxygen atoms in total. The molecule has 0 heterocycles. The van der Waals surface area contributed by atoms with Crippen LogP contribution in [-0.2, 0) is 14.0 Å². The highest BCUT2D eigenvalue weighted by Gasteiger charge is 1.94. The van der Waals surface area contributed by atoms with Crippen molar-refractivity contribution in [3.63, 3.8) is 0 Å². The van der Waals surface area contributed by atoms with Crippen LogP contribution in [0.4, 0.5) is 0 Å². The minimum absolute atomic E-state index is 0.356. The molecule has 0 aliphatic carbocycles. The molecule has 4 heteroatoms. The van der Waals surface area contributed by atoms with Gasteiger partial charge in [0, 0.05) is 13.2 Å². The third kappa shape index (κ3) is 7.28. The SMILES string of the molecule is C=CC(=O)OCCC[Si]OC. The van der Waals surface area contributed by atoms with Crippen molar-refractivity contribution in [1.29, 1.82) is 0 Å². The molecule has 0 atom stereocenters. The maximum atomic E-state index is 10.5. The van der Waals surface area contributed by atoms with Crippen molar-refractivity contribution >= 4 is 15.7 Å². The predicted octanol–water partition coefficient (Wildman–Crippen LogP) is 0.790. The van der Waals surface area contributed by atoms with Crippen LogP contribution in [0.2, 0.25) is 6.04 Å². The van der Waals surface area contributed by atoms with Crippen LogP contribution in [0.5, 0.6) is 0 Å². The smallest absolute Gasteiger partial charge is 0.330 e. The largest absolute Gasteiger partial charge is 0.463 e. The van der Waals surface area contributed by atoms with Gasteiger partial charge in [-0.3, -0.25) is 0 Å². The number of hydrogen-bond acceptors (Lipinski definition) is 3. The van der Waals surface area contributed by atoms with Crippen LogP contribution >= 0.6 is 0 Å². The Labute approximate surface area is 69.3 Å². The predicted molar refractivity (Wildman–Crippen MR) is 43.3 cm³/mol. The summed E-state index contributed by atoms with van der Waals surface area (Å²) in [6.45, 7) is 3.74. The van der Waals surface area contributed by atoms with Crippen LogP contribution in [0.25, 0.3) is 0 Å². The molecule has 0 fully saturated rings. The van der Waals surface area contributed by atoms with Crippen LogP contribution in [-0.4, -0.2) is 29.4 Å². The molecule has 0 saturated heterocycles. The van der Waals surface area contributed by atoms with Gasteiger partial charge in [0.1, 0.15) is 0 Å². The van der Waals surface area contributed by atoms with E-state index in [1.165, 1.54) is 6.08 Å². The van der Waals surface area contributed by atoms with E-state index in [1.54, 1.807) is 7.11 Å². The molecule has 0 unspecified atom stereocenters. The molecule has 2 radical (unpaired) electrons. The molecule has 0 aliphatic heterocycles. The highest BCUT2D eigenvalue weighted by Crippen LogP contribution is 1.90. The van der Waals surface area contributed by atoms with E-state index in [0.717, 1.165) is 12.5 Å². The van der Waals surface area contributed by atoms with Crippen LogP contribution in [0.3, 0.4) is 0 Å². The minimum atomic E-state index is -0.356. The molecule has 0 aliphatic rings. The molecule has 0 aromatic heterocycles. The van der Waals surface area contributed by atoms with E-state index >= 15 is 0 Å². The molecule has 0 aromatic carbocycles. The van der Waals surface area contributed by atoms with Gasteiger partial charge >= 0.3 is 5.97 Å². The van der Waals surface area contributed by atoms with Crippen LogP contribution < -0.4 is 0 Å². The molecule has 0 saturated carbocycles. The van der Waals surface area contributed by atoms with Gasteiger partial charge in [0.05, 0.1) is 6.61 Å². The zero-order chi connectivity index (χ0) is 8.53. The lowest BCUT2D eigenvalue weighted by Gasteiger charge is -1.99. The Kier molecular flexibility index (Phi) is 7.08. The molecule has 11 heavy (non-hydrogen) atoms. The normalized spacial score (nSPS) is 9.18. The van der Waals surface area contributed by atoms with Gasteiger partial charge in [-0.25, -0.2) is 4.79 Å². The summed E-state index contributed by atoms with van der Waals surface area (Å²) in [5, 5.41) is 0. The molecule has 0 amide bonds. The van der Waals surface area contributed by atoms with Gasteiger partial charge in [0.25, 0.3) is 0 Å². The summed E-state index contributed by atoms with van der Waals surface area (Å²) in [4.78, 5) is 10.5. The fourth-order valence-corrected chi connectivity index (χ4v) is 0.971. The van der Waals surface area contributed by atoms with Crippen LogP contribution in [0.1, 0.15) is 6.42 Å². The molecular formula is C7H12O3Si. The quantitative estimate of drug-likeness (QED) is 0.257. The fourth-order valence-electron chi connectivity index (χ4n) is 0.478. The van der Waals surface area contributed by atoms with Crippen molar-refractivity contribution in [2.45, 2.75) is 12.5 Å². The Hall–Kier alpha value is -0.613. The maximum absolute atomic E-state index is 10.5. The van der Waals surface area contributed by atoms with Gasteiger partial charge in [-0.2, -0.15) is 0 Å². The number of carbonyl (C=O) groups is 1. The number of carbonyl (C=O) groups excluding carboxylic acids is 1. The lowest BCUT2D eigenvalue weighted by molar-refractivity contribution is -0.137. The van der Waals surface area contributed by atoms with Crippen LogP contribution in [0.15, 0.2) is 12.7 Å². The van der Waals surface area contributed by atoms with Crippen molar-refractivity contribution < 1.29 is 14.0 Å². The molecule has 62 valence electrons. The first kappa shape index (κ1) is 10.4. The van der Waals surface area contributed by atoms with Crippen molar-refractivity contribution in [1.82, 2.24) is 0 Å². The summed E-state index contributed by atoms with van der Waals surface area (Å²) in [5.41, 5.74) is 0. The Balaban J connectivity index is 3.01. The maximum Gasteiger partial charge on any atom is 0.330 e. The Morgan fingerprint density at radius 3 is 3.00 bits per heavy atom. The van der Waals surface area contributed by atoms with E-state index in [2.05, 4.69) is 6.58 Å². The number of rotatable bonds is 6. The van der Waals surface area contributed by atoms with Gasteiger partial charge in [0.15, 0.2) is 0 Å². The molecule has 0 bridgehead atoms. The number of ether oxygens (including phenoxy) is 1. The zero-order valence-corrected chi connectivity index (χ0v) is 7.63. The topological polar surface area (TPSA) is 35.5 Å². The average molecular weight is 172 g/mol. The molecular weight excluding hydrogens is 160 g/mol. The second-order valence-corrected chi connectivity index (χ2v) is 3.02. The van der Waals surface area contributed by atoms with Crippen molar-refractivity contribution in [3.8, 4) is 0 Å². The summed E-state index contributed by atoms with van der Waals surface area (Å²) < 4.78 is 9.57. The van der Waals surface area contributed by atoms with E-state index in [-0.39, 0.29) is 5.97 Å². The first-order valence-electron chi connectivity index (χ1n) is 3.36. The van der Waals surface area contributed by atoms with E-state index in [4.69, 9.17) is 9.16 Å². The Morgan fingerprint density at radius 2 is 2.45 bits per heavy atom. The summed E-state index contributed by atoms with van der Waals surface area (Å²) in [5.74, 6) is -0.356. The zero-order valence-electron chi connectivity index (χ0n) is 6.63. The summed E-state index contributed by atoms with van der Waals surface area (Å²) in [6.07, 6.45) is 2.02. The second kappa shape index (κ2) is 7.49. The second-order valence-electron chi connectivity index (χ2n) is 1.82. The lowest BCUT2D eigenvalue weighted by Crippen LogP contribution is -2.03. The van der Waals surface area contributed by atoms with Gasteiger partial charge in [-0.05, 0) is 12.5 Å². The Morgan fingerprint density at radius 1 is 1.73 bits per heavy atom. The highest BCUT2D eigenvalue weighted by molar-refractivity contribution is 6.26. The van der Waals surface area contributed by atoms with E-state index < -0.39 is 0 Å². The summed E-state index contributed by atoms with van der Waals surface area (Å²) >= 11 is 0. The third-order valence-corrected chi connectivity index (χ3v) is 1.82. The first-order valence-corrected chi connectivity index (χ1v) is 4.48. The summed E-state index contributed by atoms with van der Waals surface area (Å²) in [7, 11) is 2.16. The van der Waals surface area contributed by atoms with Crippen LogP contribution in [0, 0.1) is 0 Å². The standard InChI is InChI=1S/C7H12O3Si/c1-3-7(8)10-5-4-6-11-9-2/h3H,1,4-6H2,2H3. The van der Waals surface area contributed by atoms with E-state index in [1.807, 2.05) is 0 Å². The van der Waals surface area contributed by atoms with Gasteiger partial charge in [-0.1, -0.05) is 6.58 Å². The first-order chi connectivity index (χ1) is 5.31. The van der Waals surface area contributed by atoms with Gasteiger partial charge in [-0.15, -0.1) is 0 Å². The Bertz CT molecular complexity index is 125. The monoisotopic (exact) mass is 172 g/mol. The van der Waals surface area contributed by atoms with Gasteiger partial charge < -0.3 is 9.16 Å². The molecule has 0 N–H and O–H groups in total. The minimum Gasteiger partial charge on any atom is -0.463 e. The molecule has 0 spiro atoms. The van der Waals surface area contributed by atoms with Crippen molar-refractivity contribution in [3.05, 3.63) is 12.7 Å². The number of esters is 1. The molecule has 0 aromatic rings. The highest BCUT2D eigenvalue weighted by atomic mass is 28.2. The fraction of sp³-hybridized carbons (Fsp3) is 0.571. The van der Waals surface area contributed by atoms with E-state index in [0.29, 0.717) is 16.4 Å². The molecule has 0 rings (SSSR count). The van der Waals surface area contributed by atoms with Crippen molar-refractivity contribution in [2.24, 2.45) is 0 Å². The van der Waals surface area contributed by atoms with Gasteiger partial charge in [0.2, 0.25) is 9.76 Å². The lowest BCUT2D eigenvalue weighted by atomic mass is 10.5. The summed E-state index contributed by atoms with van der Waals surface area (Å²) in [6, 6.07) is 0.945. The van der Waals surface area contributed by atoms with E-state index in [9.17, 15) is 4.79 Å². The number of hydrogen-bond donors (Lipinski definition) is 0. The van der Waals surface area contributed by atoms with Crippen molar-refractivity contribution in [2.75, 3.05) is 13.7 Å². The third-order valence-electron chi connectivity index (χ3n) is 0.979.